The van der Waals surface area contributed by atoms with Gasteiger partial charge in [0.05, 0.1) is 9.85 Å². The lowest BCUT2D eigenvalue weighted by Crippen LogP contribution is -1.91. The van der Waals surface area contributed by atoms with Gasteiger partial charge in [0.2, 0.25) is 0 Å². The first-order chi connectivity index (χ1) is 9.40. The van der Waals surface area contributed by atoms with Crippen LogP contribution in [0.25, 0.3) is 11.1 Å². The summed E-state index contributed by atoms with van der Waals surface area (Å²) in [6, 6.07) is 8.73. The number of benzene rings is 2. The molecule has 0 unspecified atom stereocenters. The van der Waals surface area contributed by atoms with E-state index in [2.05, 4.69) is 31.9 Å². The minimum Gasteiger partial charge on any atom is -0.258 e. The molecule has 6 nitrogen and oxygen atoms in total. The van der Waals surface area contributed by atoms with E-state index in [0.29, 0.717) is 20.1 Å². The number of non-ortho nitro benzene ring substituents is 2. The molecule has 0 N–H and O–H groups in total. The van der Waals surface area contributed by atoms with Gasteiger partial charge in [-0.3, -0.25) is 20.2 Å². The summed E-state index contributed by atoms with van der Waals surface area (Å²) in [4.78, 5) is 20.4. The highest BCUT2D eigenvalue weighted by Gasteiger charge is 2.15. The normalized spacial score (nSPS) is 10.3. The Hall–Kier alpha value is -1.80. The van der Waals surface area contributed by atoms with Crippen molar-refractivity contribution < 1.29 is 9.85 Å². The van der Waals surface area contributed by atoms with E-state index in [4.69, 9.17) is 0 Å². The molecule has 8 heteroatoms. The summed E-state index contributed by atoms with van der Waals surface area (Å²) in [6.07, 6.45) is 0. The Bertz CT molecular complexity index is 657. The number of nitro benzene ring substituents is 2. The molecule has 0 aliphatic carbocycles. The van der Waals surface area contributed by atoms with Crippen molar-refractivity contribution in [2.45, 2.75) is 0 Å². The summed E-state index contributed by atoms with van der Waals surface area (Å²) >= 11 is 6.55. The SMILES string of the molecule is O=[N+]([O-])c1ccc(-c2ccc([N+](=O)[O-])cc2Br)c(Br)c1. The third-order valence-corrected chi connectivity index (χ3v) is 3.93. The molecule has 0 spiro atoms. The Morgan fingerprint density at radius 1 is 0.750 bits per heavy atom. The number of hydrogen-bond donors (Lipinski definition) is 0. The Morgan fingerprint density at radius 2 is 1.10 bits per heavy atom. The average molecular weight is 402 g/mol. The molecule has 0 fully saturated rings. The topological polar surface area (TPSA) is 86.3 Å². The highest BCUT2D eigenvalue weighted by Crippen LogP contribution is 2.37. The molecule has 0 saturated heterocycles. The van der Waals surface area contributed by atoms with Gasteiger partial charge in [-0.15, -0.1) is 0 Å². The predicted molar refractivity (Wildman–Crippen MR) is 80.6 cm³/mol. The molecular weight excluding hydrogens is 396 g/mol. The van der Waals surface area contributed by atoms with E-state index < -0.39 is 9.85 Å². The van der Waals surface area contributed by atoms with Crippen LogP contribution >= 0.6 is 31.9 Å². The van der Waals surface area contributed by atoms with Gasteiger partial charge in [-0.1, -0.05) is 0 Å². The largest absolute Gasteiger partial charge is 0.270 e. The van der Waals surface area contributed by atoms with E-state index in [-0.39, 0.29) is 11.4 Å². The summed E-state index contributed by atoms with van der Waals surface area (Å²) in [6.45, 7) is 0. The van der Waals surface area contributed by atoms with Gasteiger partial charge in [0, 0.05) is 33.2 Å². The molecule has 0 aliphatic heterocycles. The van der Waals surface area contributed by atoms with E-state index in [1.807, 2.05) is 0 Å². The van der Waals surface area contributed by atoms with E-state index in [9.17, 15) is 20.2 Å². The number of rotatable bonds is 3. The number of halogens is 2. The van der Waals surface area contributed by atoms with E-state index in [1.54, 1.807) is 12.1 Å². The van der Waals surface area contributed by atoms with Crippen LogP contribution in [0.1, 0.15) is 0 Å². The van der Waals surface area contributed by atoms with Gasteiger partial charge in [0.1, 0.15) is 0 Å². The predicted octanol–water partition coefficient (Wildman–Crippen LogP) is 4.70. The van der Waals surface area contributed by atoms with Crippen LogP contribution in [0.15, 0.2) is 45.3 Å². The Balaban J connectivity index is 2.52. The third-order valence-electron chi connectivity index (χ3n) is 2.62. The van der Waals surface area contributed by atoms with Crippen molar-refractivity contribution in [2.24, 2.45) is 0 Å². The van der Waals surface area contributed by atoms with Gasteiger partial charge >= 0.3 is 0 Å². The fourth-order valence-electron chi connectivity index (χ4n) is 1.67. The van der Waals surface area contributed by atoms with Crippen LogP contribution in [0, 0.1) is 20.2 Å². The Morgan fingerprint density at radius 3 is 1.35 bits per heavy atom. The number of nitrogens with zero attached hydrogens (tertiary/aromatic N) is 2. The highest BCUT2D eigenvalue weighted by atomic mass is 79.9. The van der Waals surface area contributed by atoms with Gasteiger partial charge in [-0.05, 0) is 55.1 Å². The number of hydrogen-bond acceptors (Lipinski definition) is 4. The van der Waals surface area contributed by atoms with Crippen molar-refractivity contribution in [3.63, 3.8) is 0 Å². The zero-order chi connectivity index (χ0) is 14.9. The Labute approximate surface area is 130 Å². The summed E-state index contributed by atoms with van der Waals surface area (Å²) < 4.78 is 1.09. The quantitative estimate of drug-likeness (QED) is 0.551. The molecule has 2 rings (SSSR count). The van der Waals surface area contributed by atoms with Crippen LogP contribution < -0.4 is 0 Å². The summed E-state index contributed by atoms with van der Waals surface area (Å²) in [7, 11) is 0. The van der Waals surface area contributed by atoms with Crippen LogP contribution in [-0.4, -0.2) is 9.85 Å². The first-order valence-electron chi connectivity index (χ1n) is 5.28. The van der Waals surface area contributed by atoms with Gasteiger partial charge in [0.15, 0.2) is 0 Å². The van der Waals surface area contributed by atoms with Crippen molar-refractivity contribution in [1.29, 1.82) is 0 Å². The lowest BCUT2D eigenvalue weighted by atomic mass is 10.1. The standard InChI is InChI=1S/C12H6Br2N2O4/c13-11-5-7(15(17)18)1-3-9(11)10-4-2-8(16(19)20)6-12(10)14/h1-6H. The molecule has 2 aromatic rings. The van der Waals surface area contributed by atoms with Gasteiger partial charge in [0.25, 0.3) is 11.4 Å². The maximum Gasteiger partial charge on any atom is 0.270 e. The maximum absolute atomic E-state index is 10.7. The first kappa shape index (κ1) is 14.6. The summed E-state index contributed by atoms with van der Waals surface area (Å²) in [5.74, 6) is 0. The van der Waals surface area contributed by atoms with Crippen LogP contribution in [0.3, 0.4) is 0 Å². The second-order valence-corrected chi connectivity index (χ2v) is 5.55. The molecule has 2 aromatic carbocycles. The van der Waals surface area contributed by atoms with Gasteiger partial charge < -0.3 is 0 Å². The molecule has 0 aliphatic rings. The summed E-state index contributed by atoms with van der Waals surface area (Å²) in [5, 5.41) is 21.4. The zero-order valence-electron chi connectivity index (χ0n) is 9.75. The molecule has 0 saturated carbocycles. The lowest BCUT2D eigenvalue weighted by molar-refractivity contribution is -0.385. The van der Waals surface area contributed by atoms with Crippen LogP contribution in [-0.2, 0) is 0 Å². The van der Waals surface area contributed by atoms with E-state index in [0.717, 1.165) is 0 Å². The monoisotopic (exact) mass is 400 g/mol. The van der Waals surface area contributed by atoms with Crippen LogP contribution in [0.5, 0.6) is 0 Å². The van der Waals surface area contributed by atoms with Crippen molar-refractivity contribution in [1.82, 2.24) is 0 Å². The zero-order valence-corrected chi connectivity index (χ0v) is 12.9. The molecule has 0 atom stereocenters. The van der Waals surface area contributed by atoms with Crippen molar-refractivity contribution >= 4 is 43.2 Å². The van der Waals surface area contributed by atoms with Gasteiger partial charge in [-0.25, -0.2) is 0 Å². The highest BCUT2D eigenvalue weighted by molar-refractivity contribution is 9.11. The molecule has 102 valence electrons. The fourth-order valence-corrected chi connectivity index (χ4v) is 2.83. The molecule has 0 radical (unpaired) electrons. The first-order valence-corrected chi connectivity index (χ1v) is 6.87. The van der Waals surface area contributed by atoms with Crippen LogP contribution in [0.4, 0.5) is 11.4 Å². The molecule has 0 amide bonds. The second-order valence-electron chi connectivity index (χ2n) is 3.84. The van der Waals surface area contributed by atoms with Crippen molar-refractivity contribution in [3.05, 3.63) is 65.6 Å². The fraction of sp³-hybridized carbons (Fsp3) is 0. The lowest BCUT2D eigenvalue weighted by Gasteiger charge is -2.07. The third kappa shape index (κ3) is 2.86. The van der Waals surface area contributed by atoms with Gasteiger partial charge in [-0.2, -0.15) is 0 Å². The van der Waals surface area contributed by atoms with Crippen molar-refractivity contribution in [3.8, 4) is 11.1 Å². The smallest absolute Gasteiger partial charge is 0.258 e. The minimum atomic E-state index is -0.487. The second kappa shape index (κ2) is 5.68. The summed E-state index contributed by atoms with van der Waals surface area (Å²) in [5.41, 5.74) is 1.35. The molecule has 0 bridgehead atoms. The van der Waals surface area contributed by atoms with E-state index in [1.165, 1.54) is 24.3 Å². The minimum absolute atomic E-state index is 0.0290. The Kier molecular flexibility index (Phi) is 4.15. The van der Waals surface area contributed by atoms with Crippen LogP contribution in [0.2, 0.25) is 0 Å². The number of nitro groups is 2. The average Bonchev–Trinajstić information content (AvgIpc) is 2.38. The molecule has 0 aromatic heterocycles. The molecule has 0 heterocycles. The van der Waals surface area contributed by atoms with E-state index >= 15 is 0 Å². The maximum atomic E-state index is 10.7. The van der Waals surface area contributed by atoms with Crippen molar-refractivity contribution in [2.75, 3.05) is 0 Å². The molecule has 20 heavy (non-hydrogen) atoms. The molecular formula is C12H6Br2N2O4.